The average molecular weight is 477 g/mol. The van der Waals surface area contributed by atoms with Crippen LogP contribution in [0.1, 0.15) is 40.3 Å². The van der Waals surface area contributed by atoms with E-state index in [4.69, 9.17) is 22.1 Å². The molecule has 1 aromatic carbocycles. The number of aryl methyl sites for hydroxylation is 1. The van der Waals surface area contributed by atoms with Gasteiger partial charge in [-0.25, -0.2) is 14.6 Å². The maximum Gasteiger partial charge on any atom is 0.269 e. The summed E-state index contributed by atoms with van der Waals surface area (Å²) in [6.07, 6.45) is 2.89. The topological polar surface area (TPSA) is 145 Å². The fourth-order valence-corrected chi connectivity index (χ4v) is 4.20. The van der Waals surface area contributed by atoms with Gasteiger partial charge in [0.15, 0.2) is 5.65 Å². The molecule has 0 spiro atoms. The highest BCUT2D eigenvalue weighted by molar-refractivity contribution is 6.32. The molecule has 34 heavy (non-hydrogen) atoms. The number of nitrogens with one attached hydrogen (secondary N) is 1. The van der Waals surface area contributed by atoms with Crippen LogP contribution in [-0.4, -0.2) is 44.8 Å². The number of methoxy groups -OCH3 is 1. The third-order valence-corrected chi connectivity index (χ3v) is 5.90. The number of ether oxygens (including phenoxy) is 1. The zero-order valence-electron chi connectivity index (χ0n) is 18.9. The molecule has 172 valence electrons. The number of hydrogen-bond donors (Lipinski definition) is 2. The summed E-state index contributed by atoms with van der Waals surface area (Å²) in [7, 11) is 3.04. The number of nitrogens with zero attached hydrogens (tertiary/aromatic N) is 6. The number of pyridine rings is 1. The van der Waals surface area contributed by atoms with Crippen LogP contribution in [0.4, 0.5) is 5.82 Å². The highest BCUT2D eigenvalue weighted by Crippen LogP contribution is 2.43. The number of hydrogen-bond acceptors (Lipinski definition) is 8. The smallest absolute Gasteiger partial charge is 0.269 e. The summed E-state index contributed by atoms with van der Waals surface area (Å²) in [5.74, 6) is 0.460. The number of carbonyl (C=O) groups is 1. The molecule has 1 amide bonds. The van der Waals surface area contributed by atoms with E-state index in [0.29, 0.717) is 45.0 Å². The third-order valence-electron chi connectivity index (χ3n) is 5.60. The first-order chi connectivity index (χ1) is 16.3. The highest BCUT2D eigenvalue weighted by atomic mass is 35.5. The Labute approximate surface area is 200 Å². The van der Waals surface area contributed by atoms with E-state index in [1.807, 2.05) is 13.8 Å². The molecule has 0 bridgehead atoms. The standard InChI is InChI=1S/C23H21ClN8O2/c1-11-18-21(26)29-10-30-22(18)32(31-11)12(2)14-7-16(24)15(8-25)19(20(14)34-4)13-5-6-17(28-9-13)23(33)27-3/h5-7,9-10,12H,1-4H3,(H,27,33)(H2,26,29,30). The van der Waals surface area contributed by atoms with E-state index >= 15 is 0 Å². The van der Waals surface area contributed by atoms with Gasteiger partial charge >= 0.3 is 0 Å². The quantitative estimate of drug-likeness (QED) is 0.446. The van der Waals surface area contributed by atoms with Crippen molar-refractivity contribution in [2.75, 3.05) is 19.9 Å². The molecule has 0 saturated carbocycles. The lowest BCUT2D eigenvalue weighted by atomic mass is 9.94. The van der Waals surface area contributed by atoms with Crippen LogP contribution in [0.2, 0.25) is 5.02 Å². The van der Waals surface area contributed by atoms with Gasteiger partial charge in [-0.3, -0.25) is 9.78 Å². The second-order valence-electron chi connectivity index (χ2n) is 7.52. The number of carbonyl (C=O) groups excluding carboxylic acids is 1. The van der Waals surface area contributed by atoms with Crippen molar-refractivity contribution in [1.29, 1.82) is 5.26 Å². The number of aromatic nitrogens is 5. The molecule has 0 aliphatic rings. The fourth-order valence-electron chi connectivity index (χ4n) is 3.94. The summed E-state index contributed by atoms with van der Waals surface area (Å²) in [5.41, 5.74) is 9.51. The zero-order valence-corrected chi connectivity index (χ0v) is 19.7. The maximum atomic E-state index is 11.9. The Kier molecular flexibility index (Phi) is 6.04. The molecular formula is C23H21ClN8O2. The predicted molar refractivity (Wildman–Crippen MR) is 128 cm³/mol. The van der Waals surface area contributed by atoms with Gasteiger partial charge in [0.1, 0.15) is 29.7 Å². The van der Waals surface area contributed by atoms with E-state index in [0.717, 1.165) is 0 Å². The molecule has 11 heteroatoms. The highest BCUT2D eigenvalue weighted by Gasteiger charge is 2.26. The average Bonchev–Trinajstić information content (AvgIpc) is 3.20. The summed E-state index contributed by atoms with van der Waals surface area (Å²) >= 11 is 6.56. The van der Waals surface area contributed by atoms with Crippen LogP contribution in [0.3, 0.4) is 0 Å². The Bertz CT molecular complexity index is 1460. The largest absolute Gasteiger partial charge is 0.496 e. The third kappa shape index (κ3) is 3.66. The van der Waals surface area contributed by atoms with Crippen molar-refractivity contribution in [3.8, 4) is 22.9 Å². The molecule has 3 N–H and O–H groups in total. The van der Waals surface area contributed by atoms with Crippen LogP contribution in [-0.2, 0) is 0 Å². The first-order valence-electron chi connectivity index (χ1n) is 10.3. The van der Waals surface area contributed by atoms with Crippen molar-refractivity contribution in [1.82, 2.24) is 30.0 Å². The number of anilines is 1. The first-order valence-corrected chi connectivity index (χ1v) is 10.6. The van der Waals surface area contributed by atoms with E-state index in [2.05, 4.69) is 31.4 Å². The minimum Gasteiger partial charge on any atom is -0.496 e. The summed E-state index contributed by atoms with van der Waals surface area (Å²) in [5, 5.41) is 17.9. The van der Waals surface area contributed by atoms with Crippen molar-refractivity contribution in [2.24, 2.45) is 0 Å². The second kappa shape index (κ2) is 8.96. The van der Waals surface area contributed by atoms with Crippen molar-refractivity contribution in [3.05, 3.63) is 58.3 Å². The van der Waals surface area contributed by atoms with Crippen molar-refractivity contribution in [2.45, 2.75) is 19.9 Å². The molecule has 0 radical (unpaired) electrons. The zero-order chi connectivity index (χ0) is 24.6. The minimum atomic E-state index is -0.387. The monoisotopic (exact) mass is 476 g/mol. The van der Waals surface area contributed by atoms with Crippen molar-refractivity contribution < 1.29 is 9.53 Å². The maximum absolute atomic E-state index is 11.9. The molecule has 0 aliphatic carbocycles. The van der Waals surface area contributed by atoms with Crippen LogP contribution in [0.5, 0.6) is 5.75 Å². The van der Waals surface area contributed by atoms with E-state index in [1.165, 1.54) is 26.7 Å². The van der Waals surface area contributed by atoms with Gasteiger partial charge in [-0.1, -0.05) is 17.7 Å². The number of rotatable bonds is 5. The van der Waals surface area contributed by atoms with Gasteiger partial charge in [-0.2, -0.15) is 10.4 Å². The molecule has 0 fully saturated rings. The molecule has 4 aromatic rings. The van der Waals surface area contributed by atoms with Crippen LogP contribution in [0.15, 0.2) is 30.7 Å². The lowest BCUT2D eigenvalue weighted by molar-refractivity contribution is 0.0958. The molecule has 1 atom stereocenters. The molecule has 10 nitrogen and oxygen atoms in total. The number of nitriles is 1. The van der Waals surface area contributed by atoms with Gasteiger partial charge in [0.25, 0.3) is 5.91 Å². The van der Waals surface area contributed by atoms with Gasteiger partial charge in [0.2, 0.25) is 0 Å². The number of benzene rings is 1. The molecule has 3 aromatic heterocycles. The van der Waals surface area contributed by atoms with Crippen molar-refractivity contribution in [3.63, 3.8) is 0 Å². The Balaban J connectivity index is 1.94. The Morgan fingerprint density at radius 1 is 1.32 bits per heavy atom. The second-order valence-corrected chi connectivity index (χ2v) is 7.92. The molecule has 0 aliphatic heterocycles. The summed E-state index contributed by atoms with van der Waals surface area (Å²) < 4.78 is 7.52. The predicted octanol–water partition coefficient (Wildman–Crippen LogP) is 3.28. The Morgan fingerprint density at radius 3 is 2.71 bits per heavy atom. The van der Waals surface area contributed by atoms with Crippen LogP contribution in [0, 0.1) is 18.3 Å². The summed E-state index contributed by atoms with van der Waals surface area (Å²) in [6, 6.07) is 6.72. The first kappa shape index (κ1) is 22.9. The molecule has 0 saturated heterocycles. The number of nitrogens with two attached hydrogens (primary N) is 1. The lowest BCUT2D eigenvalue weighted by Crippen LogP contribution is -2.18. The van der Waals surface area contributed by atoms with Gasteiger partial charge in [-0.15, -0.1) is 0 Å². The van der Waals surface area contributed by atoms with Gasteiger partial charge in [0.05, 0.1) is 34.8 Å². The lowest BCUT2D eigenvalue weighted by Gasteiger charge is -2.21. The van der Waals surface area contributed by atoms with Gasteiger partial charge in [0, 0.05) is 29.9 Å². The van der Waals surface area contributed by atoms with Crippen molar-refractivity contribution >= 4 is 34.4 Å². The van der Waals surface area contributed by atoms with Crippen LogP contribution in [0.25, 0.3) is 22.2 Å². The SMILES string of the molecule is CNC(=O)c1ccc(-c2c(C#N)c(Cl)cc(C(C)n3nc(C)c4c(N)ncnc43)c2OC)cn1. The number of fused-ring (bicyclic) bond motifs is 1. The number of halogens is 1. The molecule has 4 rings (SSSR count). The fraction of sp³-hybridized carbons (Fsp3) is 0.217. The van der Waals surface area contributed by atoms with E-state index in [-0.39, 0.29) is 28.2 Å². The van der Waals surface area contributed by atoms with Gasteiger partial charge < -0.3 is 15.8 Å². The Morgan fingerprint density at radius 2 is 2.09 bits per heavy atom. The molecular weight excluding hydrogens is 456 g/mol. The van der Waals surface area contributed by atoms with Crippen LogP contribution < -0.4 is 15.8 Å². The Hall–Kier alpha value is -4.23. The van der Waals surface area contributed by atoms with E-state index < -0.39 is 0 Å². The van der Waals surface area contributed by atoms with E-state index in [9.17, 15) is 10.1 Å². The number of nitrogen functional groups attached to an aromatic ring is 1. The molecule has 1 unspecified atom stereocenters. The summed E-state index contributed by atoms with van der Waals surface area (Å²) in [4.78, 5) is 24.5. The number of amides is 1. The van der Waals surface area contributed by atoms with Crippen LogP contribution >= 0.6 is 11.6 Å². The van der Waals surface area contributed by atoms with Gasteiger partial charge in [-0.05, 0) is 26.0 Å². The summed E-state index contributed by atoms with van der Waals surface area (Å²) in [6.45, 7) is 3.75. The normalized spacial score (nSPS) is 11.8. The van der Waals surface area contributed by atoms with E-state index in [1.54, 1.807) is 22.9 Å². The minimum absolute atomic E-state index is 0.233. The molecule has 3 heterocycles.